The van der Waals surface area contributed by atoms with Gasteiger partial charge < -0.3 is 10.2 Å². The number of aliphatic hydroxyl groups excluding tert-OH is 1. The predicted molar refractivity (Wildman–Crippen MR) is 60.4 cm³/mol. The van der Waals surface area contributed by atoms with Crippen LogP contribution < -0.4 is 0 Å². The second kappa shape index (κ2) is 5.86. The van der Waals surface area contributed by atoms with Gasteiger partial charge in [-0.15, -0.1) is 11.8 Å². The highest BCUT2D eigenvalue weighted by Gasteiger charge is 2.14. The number of rotatable bonds is 5. The van der Waals surface area contributed by atoms with Crippen LogP contribution in [0.1, 0.15) is 23.7 Å². The Morgan fingerprint density at radius 1 is 1.56 bits per heavy atom. The minimum atomic E-state index is -1.14. The standard InChI is InChI=1S/C11H13FO3S/c1-7(4-5-13)16-10-3-2-8(12)6-9(10)11(14)15/h2-3,6-7,13H,4-5H2,1H3,(H,14,15). The maximum Gasteiger partial charge on any atom is 0.336 e. The number of carboxylic acid groups (broad SMARTS) is 1. The summed E-state index contributed by atoms with van der Waals surface area (Å²) in [4.78, 5) is 11.4. The maximum absolute atomic E-state index is 12.9. The van der Waals surface area contributed by atoms with Gasteiger partial charge in [0.05, 0.1) is 5.56 Å². The van der Waals surface area contributed by atoms with Crippen LogP contribution in [-0.2, 0) is 0 Å². The zero-order chi connectivity index (χ0) is 12.1. The zero-order valence-corrected chi connectivity index (χ0v) is 9.63. The first kappa shape index (κ1) is 13.0. The van der Waals surface area contributed by atoms with Crippen molar-refractivity contribution in [3.05, 3.63) is 29.6 Å². The molecule has 3 nitrogen and oxygen atoms in total. The first-order chi connectivity index (χ1) is 7.54. The van der Waals surface area contributed by atoms with E-state index in [-0.39, 0.29) is 17.4 Å². The van der Waals surface area contributed by atoms with E-state index in [0.717, 1.165) is 6.07 Å². The van der Waals surface area contributed by atoms with E-state index in [1.807, 2.05) is 6.92 Å². The summed E-state index contributed by atoms with van der Waals surface area (Å²) in [5, 5.41) is 17.7. The average molecular weight is 244 g/mol. The summed E-state index contributed by atoms with van der Waals surface area (Å²) >= 11 is 1.32. The third kappa shape index (κ3) is 3.50. The Kier molecular flexibility index (Phi) is 4.76. The van der Waals surface area contributed by atoms with E-state index in [4.69, 9.17) is 10.2 Å². The van der Waals surface area contributed by atoms with Gasteiger partial charge in [0.1, 0.15) is 5.82 Å². The zero-order valence-electron chi connectivity index (χ0n) is 8.81. The smallest absolute Gasteiger partial charge is 0.336 e. The summed E-state index contributed by atoms with van der Waals surface area (Å²) in [5.41, 5.74) is -0.0326. The van der Waals surface area contributed by atoms with Gasteiger partial charge in [-0.25, -0.2) is 9.18 Å². The Morgan fingerprint density at radius 3 is 2.81 bits per heavy atom. The van der Waals surface area contributed by atoms with E-state index in [0.29, 0.717) is 11.3 Å². The molecule has 2 N–H and O–H groups in total. The normalized spacial score (nSPS) is 12.4. The van der Waals surface area contributed by atoms with Crippen molar-refractivity contribution in [1.29, 1.82) is 0 Å². The fourth-order valence-corrected chi connectivity index (χ4v) is 2.31. The Labute approximate surface area is 97.3 Å². The van der Waals surface area contributed by atoms with Crippen LogP contribution in [0.3, 0.4) is 0 Å². The van der Waals surface area contributed by atoms with Crippen molar-refractivity contribution >= 4 is 17.7 Å². The lowest BCUT2D eigenvalue weighted by Crippen LogP contribution is -2.04. The summed E-state index contributed by atoms with van der Waals surface area (Å²) < 4.78 is 12.9. The van der Waals surface area contributed by atoms with Crippen LogP contribution in [0.15, 0.2) is 23.1 Å². The Balaban J connectivity index is 2.90. The van der Waals surface area contributed by atoms with Crippen molar-refractivity contribution in [3.8, 4) is 0 Å². The first-order valence-electron chi connectivity index (χ1n) is 4.85. The van der Waals surface area contributed by atoms with Crippen molar-refractivity contribution in [2.24, 2.45) is 0 Å². The monoisotopic (exact) mass is 244 g/mol. The van der Waals surface area contributed by atoms with Crippen LogP contribution in [0, 0.1) is 5.82 Å². The van der Waals surface area contributed by atoms with Gasteiger partial charge in [0.2, 0.25) is 0 Å². The molecule has 0 aliphatic rings. The fourth-order valence-electron chi connectivity index (χ4n) is 1.23. The van der Waals surface area contributed by atoms with Gasteiger partial charge in [-0.2, -0.15) is 0 Å². The van der Waals surface area contributed by atoms with Gasteiger partial charge >= 0.3 is 5.97 Å². The summed E-state index contributed by atoms with van der Waals surface area (Å²) in [6.07, 6.45) is 0.571. The Hall–Kier alpha value is -1.07. The summed E-state index contributed by atoms with van der Waals surface area (Å²) in [7, 11) is 0. The van der Waals surface area contributed by atoms with Crippen LogP contribution >= 0.6 is 11.8 Å². The lowest BCUT2D eigenvalue weighted by atomic mass is 10.2. The number of benzene rings is 1. The van der Waals surface area contributed by atoms with Gasteiger partial charge in [-0.3, -0.25) is 0 Å². The average Bonchev–Trinajstić information content (AvgIpc) is 2.20. The number of carboxylic acids is 1. The minimum Gasteiger partial charge on any atom is -0.478 e. The molecular formula is C11H13FO3S. The second-order valence-corrected chi connectivity index (χ2v) is 4.87. The molecule has 1 unspecified atom stereocenters. The molecular weight excluding hydrogens is 231 g/mol. The predicted octanol–water partition coefficient (Wildman–Crippen LogP) is 2.39. The molecule has 1 atom stereocenters. The molecule has 88 valence electrons. The van der Waals surface area contributed by atoms with Gasteiger partial charge in [-0.05, 0) is 24.6 Å². The molecule has 0 saturated carbocycles. The van der Waals surface area contributed by atoms with Gasteiger partial charge in [0.25, 0.3) is 0 Å². The van der Waals surface area contributed by atoms with Gasteiger partial charge in [-0.1, -0.05) is 6.92 Å². The first-order valence-corrected chi connectivity index (χ1v) is 5.73. The molecule has 0 amide bonds. The molecule has 0 bridgehead atoms. The lowest BCUT2D eigenvalue weighted by Gasteiger charge is -2.11. The number of aromatic carboxylic acids is 1. The van der Waals surface area contributed by atoms with Crippen molar-refractivity contribution in [2.45, 2.75) is 23.5 Å². The molecule has 1 rings (SSSR count). The van der Waals surface area contributed by atoms with Crippen molar-refractivity contribution < 1.29 is 19.4 Å². The topological polar surface area (TPSA) is 57.5 Å². The number of carbonyl (C=O) groups is 1. The maximum atomic E-state index is 12.9. The van der Waals surface area contributed by atoms with E-state index in [2.05, 4.69) is 0 Å². The number of thioether (sulfide) groups is 1. The van der Waals surface area contributed by atoms with Gasteiger partial charge in [0.15, 0.2) is 0 Å². The number of aliphatic hydroxyl groups is 1. The van der Waals surface area contributed by atoms with E-state index in [9.17, 15) is 9.18 Å². The van der Waals surface area contributed by atoms with E-state index in [1.54, 1.807) is 0 Å². The molecule has 0 aliphatic carbocycles. The van der Waals surface area contributed by atoms with E-state index in [1.165, 1.54) is 23.9 Å². The Bertz CT molecular complexity index is 381. The molecule has 1 aromatic rings. The minimum absolute atomic E-state index is 0.0326. The number of hydrogen-bond acceptors (Lipinski definition) is 3. The van der Waals surface area contributed by atoms with Crippen molar-refractivity contribution in [2.75, 3.05) is 6.61 Å². The summed E-state index contributed by atoms with van der Waals surface area (Å²) in [6.45, 7) is 1.94. The quantitative estimate of drug-likeness (QED) is 0.781. The second-order valence-electron chi connectivity index (χ2n) is 3.39. The fraction of sp³-hybridized carbons (Fsp3) is 0.364. The highest BCUT2D eigenvalue weighted by atomic mass is 32.2. The molecule has 0 aliphatic heterocycles. The molecule has 0 fully saturated rings. The van der Waals surface area contributed by atoms with Crippen molar-refractivity contribution in [1.82, 2.24) is 0 Å². The van der Waals surface area contributed by atoms with Crippen LogP contribution in [0.5, 0.6) is 0 Å². The number of halogens is 1. The van der Waals surface area contributed by atoms with Crippen LogP contribution in [0.4, 0.5) is 4.39 Å². The molecule has 0 spiro atoms. The van der Waals surface area contributed by atoms with Crippen LogP contribution in [0.25, 0.3) is 0 Å². The molecule has 0 aromatic heterocycles. The van der Waals surface area contributed by atoms with E-state index < -0.39 is 11.8 Å². The van der Waals surface area contributed by atoms with E-state index >= 15 is 0 Å². The van der Waals surface area contributed by atoms with Gasteiger partial charge in [0, 0.05) is 16.8 Å². The molecule has 0 heterocycles. The largest absolute Gasteiger partial charge is 0.478 e. The molecule has 0 radical (unpaired) electrons. The summed E-state index contributed by atoms with van der Waals surface area (Å²) in [6, 6.07) is 3.70. The Morgan fingerprint density at radius 2 is 2.25 bits per heavy atom. The highest BCUT2D eigenvalue weighted by molar-refractivity contribution is 8.00. The molecule has 5 heteroatoms. The number of hydrogen-bond donors (Lipinski definition) is 2. The third-order valence-corrected chi connectivity index (χ3v) is 3.28. The van der Waals surface area contributed by atoms with Crippen LogP contribution in [0.2, 0.25) is 0 Å². The highest BCUT2D eigenvalue weighted by Crippen LogP contribution is 2.28. The van der Waals surface area contributed by atoms with Crippen LogP contribution in [-0.4, -0.2) is 28.0 Å². The molecule has 0 saturated heterocycles. The SMILES string of the molecule is CC(CCO)Sc1ccc(F)cc1C(=O)O. The summed E-state index contributed by atoms with van der Waals surface area (Å²) in [5.74, 6) is -1.70. The van der Waals surface area contributed by atoms with Crippen molar-refractivity contribution in [3.63, 3.8) is 0 Å². The third-order valence-electron chi connectivity index (χ3n) is 2.04. The lowest BCUT2D eigenvalue weighted by molar-refractivity contribution is 0.0692. The molecule has 1 aromatic carbocycles. The molecule has 16 heavy (non-hydrogen) atoms.